The summed E-state index contributed by atoms with van der Waals surface area (Å²) in [4.78, 5) is 0. The average Bonchev–Trinajstić information content (AvgIpc) is 3.23. The Morgan fingerprint density at radius 1 is 0.900 bits per heavy atom. The van der Waals surface area contributed by atoms with Crippen molar-refractivity contribution in [2.45, 2.75) is 17.0 Å². The largest absolute Gasteiger partial charge is 0.485 e. The van der Waals surface area contributed by atoms with Gasteiger partial charge >= 0.3 is 0 Å². The van der Waals surface area contributed by atoms with E-state index in [4.69, 9.17) is 9.47 Å². The molecule has 2 heterocycles. The van der Waals surface area contributed by atoms with Gasteiger partial charge in [-0.1, -0.05) is 76.2 Å². The van der Waals surface area contributed by atoms with Crippen molar-refractivity contribution in [3.05, 3.63) is 94.7 Å². The van der Waals surface area contributed by atoms with Crippen molar-refractivity contribution in [3.63, 3.8) is 0 Å². The molecule has 150 valence electrons. The molecule has 1 atom stereocenters. The summed E-state index contributed by atoms with van der Waals surface area (Å²) in [6.07, 6.45) is -0.342. The Hall–Kier alpha value is -2.77. The Labute approximate surface area is 187 Å². The first kappa shape index (κ1) is 19.2. The molecule has 1 aromatic heterocycles. The summed E-state index contributed by atoms with van der Waals surface area (Å²) < 4.78 is 15.3. The van der Waals surface area contributed by atoms with Gasteiger partial charge in [0.2, 0.25) is 0 Å². The number of fused-ring (bicyclic) bond motifs is 1. The third-order valence-electron chi connectivity index (χ3n) is 4.78. The first-order valence-corrected chi connectivity index (χ1v) is 11.3. The Bertz CT molecular complexity index is 1170. The second kappa shape index (κ2) is 8.53. The number of para-hydroxylation sites is 3. The standard InChI is InChI=1S/C23H18BrN3O2S/c24-18-11-5-4-8-16(18)15-30-23-26-25-22(27(23)17-9-2-1-3-10-17)21-14-28-19-12-6-7-13-20(19)29-21/h1-13,21H,14-15H2. The highest BCUT2D eigenvalue weighted by atomic mass is 79.9. The monoisotopic (exact) mass is 479 g/mol. The Kier molecular flexibility index (Phi) is 5.46. The molecule has 0 aliphatic carbocycles. The molecule has 0 N–H and O–H groups in total. The molecular formula is C23H18BrN3O2S. The van der Waals surface area contributed by atoms with E-state index in [1.54, 1.807) is 11.8 Å². The van der Waals surface area contributed by atoms with Gasteiger partial charge in [0.15, 0.2) is 28.6 Å². The summed E-state index contributed by atoms with van der Waals surface area (Å²) in [6, 6.07) is 26.0. The zero-order valence-electron chi connectivity index (χ0n) is 15.9. The van der Waals surface area contributed by atoms with Crippen LogP contribution >= 0.6 is 27.7 Å². The van der Waals surface area contributed by atoms with E-state index in [9.17, 15) is 0 Å². The Morgan fingerprint density at radius 2 is 1.63 bits per heavy atom. The number of halogens is 1. The summed E-state index contributed by atoms with van der Waals surface area (Å²) in [7, 11) is 0. The van der Waals surface area contributed by atoms with Crippen LogP contribution in [0.3, 0.4) is 0 Å². The van der Waals surface area contributed by atoms with Crippen molar-refractivity contribution in [3.8, 4) is 17.2 Å². The molecule has 7 heteroatoms. The first-order valence-electron chi connectivity index (χ1n) is 9.55. The van der Waals surface area contributed by atoms with Crippen LogP contribution < -0.4 is 9.47 Å². The topological polar surface area (TPSA) is 49.2 Å². The van der Waals surface area contributed by atoms with Crippen LogP contribution in [0.2, 0.25) is 0 Å². The van der Waals surface area contributed by atoms with Gasteiger partial charge in [0.25, 0.3) is 0 Å². The predicted octanol–water partition coefficient (Wildman–Crippen LogP) is 5.83. The Balaban J connectivity index is 1.49. The third kappa shape index (κ3) is 3.82. The van der Waals surface area contributed by atoms with Crippen LogP contribution in [0.5, 0.6) is 11.5 Å². The summed E-state index contributed by atoms with van der Waals surface area (Å²) in [6.45, 7) is 0.386. The highest BCUT2D eigenvalue weighted by molar-refractivity contribution is 9.10. The van der Waals surface area contributed by atoms with Crippen LogP contribution in [0.25, 0.3) is 5.69 Å². The molecule has 4 aromatic rings. The maximum atomic E-state index is 6.21. The lowest BCUT2D eigenvalue weighted by atomic mass is 10.2. The van der Waals surface area contributed by atoms with E-state index < -0.39 is 0 Å². The lowest BCUT2D eigenvalue weighted by Crippen LogP contribution is -2.24. The molecule has 1 aliphatic heterocycles. The summed E-state index contributed by atoms with van der Waals surface area (Å²) >= 11 is 5.27. The fraction of sp³-hybridized carbons (Fsp3) is 0.130. The minimum Gasteiger partial charge on any atom is -0.485 e. The molecule has 0 saturated carbocycles. The fourth-order valence-electron chi connectivity index (χ4n) is 3.31. The van der Waals surface area contributed by atoms with Crippen molar-refractivity contribution < 1.29 is 9.47 Å². The average molecular weight is 480 g/mol. The number of thioether (sulfide) groups is 1. The SMILES string of the molecule is Brc1ccccc1CSc1nnc(C2COc3ccccc3O2)n1-c1ccccc1. The molecule has 0 spiro atoms. The zero-order valence-corrected chi connectivity index (χ0v) is 18.3. The van der Waals surface area contributed by atoms with Crippen LogP contribution in [0, 0.1) is 0 Å². The molecule has 0 saturated heterocycles. The molecular weight excluding hydrogens is 462 g/mol. The van der Waals surface area contributed by atoms with Gasteiger partial charge in [-0.05, 0) is 35.9 Å². The molecule has 0 fully saturated rings. The number of hydrogen-bond donors (Lipinski definition) is 0. The number of hydrogen-bond acceptors (Lipinski definition) is 5. The molecule has 1 unspecified atom stereocenters. The van der Waals surface area contributed by atoms with Crippen molar-refractivity contribution >= 4 is 27.7 Å². The number of aromatic nitrogens is 3. The third-order valence-corrected chi connectivity index (χ3v) is 6.54. The predicted molar refractivity (Wildman–Crippen MR) is 120 cm³/mol. The first-order chi connectivity index (χ1) is 14.8. The molecule has 1 aliphatic rings. The van der Waals surface area contributed by atoms with Gasteiger partial charge in [-0.25, -0.2) is 0 Å². The van der Waals surface area contributed by atoms with Gasteiger partial charge in [0.05, 0.1) is 0 Å². The summed E-state index contributed by atoms with van der Waals surface area (Å²) in [5.41, 5.74) is 2.20. The zero-order chi connectivity index (χ0) is 20.3. The lowest BCUT2D eigenvalue weighted by molar-refractivity contribution is 0.0835. The lowest BCUT2D eigenvalue weighted by Gasteiger charge is -2.26. The number of nitrogens with zero attached hydrogens (tertiary/aromatic N) is 3. The van der Waals surface area contributed by atoms with E-state index in [2.05, 4.69) is 36.8 Å². The van der Waals surface area contributed by atoms with E-state index in [0.717, 1.165) is 38.4 Å². The van der Waals surface area contributed by atoms with Crippen molar-refractivity contribution in [1.82, 2.24) is 14.8 Å². The molecule has 0 amide bonds. The van der Waals surface area contributed by atoms with E-state index >= 15 is 0 Å². The molecule has 3 aromatic carbocycles. The number of benzene rings is 3. The van der Waals surface area contributed by atoms with E-state index in [1.807, 2.05) is 72.8 Å². The molecule has 0 bridgehead atoms. The van der Waals surface area contributed by atoms with Crippen molar-refractivity contribution in [1.29, 1.82) is 0 Å². The van der Waals surface area contributed by atoms with Crippen molar-refractivity contribution in [2.24, 2.45) is 0 Å². The number of ether oxygens (including phenoxy) is 2. The van der Waals surface area contributed by atoms with Crippen molar-refractivity contribution in [2.75, 3.05) is 6.61 Å². The second-order valence-electron chi connectivity index (χ2n) is 6.76. The molecule has 0 radical (unpaired) electrons. The second-order valence-corrected chi connectivity index (χ2v) is 8.55. The minimum atomic E-state index is -0.342. The molecule has 5 rings (SSSR count). The summed E-state index contributed by atoms with van der Waals surface area (Å²) in [5, 5.41) is 9.81. The van der Waals surface area contributed by atoms with Gasteiger partial charge in [-0.15, -0.1) is 10.2 Å². The van der Waals surface area contributed by atoms with Gasteiger partial charge in [-0.2, -0.15) is 0 Å². The molecule has 30 heavy (non-hydrogen) atoms. The molecule has 5 nitrogen and oxygen atoms in total. The maximum absolute atomic E-state index is 6.21. The van der Waals surface area contributed by atoms with Crippen LogP contribution in [-0.4, -0.2) is 21.4 Å². The van der Waals surface area contributed by atoms with Crippen LogP contribution in [0.4, 0.5) is 0 Å². The van der Waals surface area contributed by atoms with E-state index in [-0.39, 0.29) is 6.10 Å². The quantitative estimate of drug-likeness (QED) is 0.336. The van der Waals surface area contributed by atoms with Crippen LogP contribution in [0.1, 0.15) is 17.5 Å². The van der Waals surface area contributed by atoms with Gasteiger partial charge in [-0.3, -0.25) is 4.57 Å². The van der Waals surface area contributed by atoms with E-state index in [0.29, 0.717) is 6.61 Å². The van der Waals surface area contributed by atoms with Crippen LogP contribution in [0.15, 0.2) is 88.5 Å². The smallest absolute Gasteiger partial charge is 0.196 e. The van der Waals surface area contributed by atoms with Gasteiger partial charge in [0.1, 0.15) is 6.61 Å². The van der Waals surface area contributed by atoms with E-state index in [1.165, 1.54) is 5.56 Å². The highest BCUT2D eigenvalue weighted by Gasteiger charge is 2.29. The summed E-state index contributed by atoms with van der Waals surface area (Å²) in [5.74, 6) is 2.98. The van der Waals surface area contributed by atoms with Gasteiger partial charge in [0, 0.05) is 15.9 Å². The van der Waals surface area contributed by atoms with Crippen LogP contribution in [-0.2, 0) is 5.75 Å². The highest BCUT2D eigenvalue weighted by Crippen LogP contribution is 2.37. The number of rotatable bonds is 5. The fourth-order valence-corrected chi connectivity index (χ4v) is 4.88. The minimum absolute atomic E-state index is 0.342. The maximum Gasteiger partial charge on any atom is 0.196 e. The van der Waals surface area contributed by atoms with Gasteiger partial charge < -0.3 is 9.47 Å². The normalized spacial score (nSPS) is 15.2. The Morgan fingerprint density at radius 3 is 2.47 bits per heavy atom.